The van der Waals surface area contributed by atoms with Gasteiger partial charge in [0.05, 0.1) is 15.7 Å². The molecular weight excluding hydrogens is 446 g/mol. The quantitative estimate of drug-likeness (QED) is 0.248. The lowest BCUT2D eigenvalue weighted by atomic mass is 10.0. The van der Waals surface area contributed by atoms with Crippen molar-refractivity contribution >= 4 is 64.5 Å². The van der Waals surface area contributed by atoms with Gasteiger partial charge in [0.2, 0.25) is 0 Å². The van der Waals surface area contributed by atoms with E-state index in [1.165, 1.54) is 36.9 Å². The largest absolute Gasteiger partial charge is 0.455 e. The fourth-order valence-electron chi connectivity index (χ4n) is 5.45. The molecule has 8 rings (SSSR count). The highest BCUT2D eigenvalue weighted by Gasteiger charge is 2.17. The molecule has 0 unspecified atom stereocenters. The van der Waals surface area contributed by atoms with E-state index in [1.54, 1.807) is 0 Å². The van der Waals surface area contributed by atoms with E-state index in [9.17, 15) is 0 Å². The molecule has 35 heavy (non-hydrogen) atoms. The third-order valence-corrected chi connectivity index (χ3v) is 8.22. The fourth-order valence-corrected chi connectivity index (χ4v) is 6.67. The van der Waals surface area contributed by atoms with Crippen LogP contribution in [0.25, 0.3) is 70.0 Å². The van der Waals surface area contributed by atoms with Crippen LogP contribution in [0.4, 0.5) is 0 Å². The molecule has 3 heteroatoms. The van der Waals surface area contributed by atoms with Crippen LogP contribution in [0.2, 0.25) is 0 Å². The molecule has 164 valence electrons. The van der Waals surface area contributed by atoms with E-state index >= 15 is 0 Å². The number of hydrogen-bond donors (Lipinski definition) is 0. The van der Waals surface area contributed by atoms with Crippen molar-refractivity contribution in [1.82, 2.24) is 4.57 Å². The predicted molar refractivity (Wildman–Crippen MR) is 149 cm³/mol. The number of benzene rings is 5. The Hall–Kier alpha value is -4.34. The zero-order valence-electron chi connectivity index (χ0n) is 18.7. The second-order valence-corrected chi connectivity index (χ2v) is 10.0. The first kappa shape index (κ1) is 19.0. The van der Waals surface area contributed by atoms with Gasteiger partial charge in [-0.1, -0.05) is 84.9 Å². The van der Waals surface area contributed by atoms with Crippen molar-refractivity contribution in [3.8, 4) is 16.8 Å². The van der Waals surface area contributed by atoms with Crippen molar-refractivity contribution in [2.45, 2.75) is 0 Å². The summed E-state index contributed by atoms with van der Waals surface area (Å²) in [6.07, 6.45) is 0. The molecule has 0 radical (unpaired) electrons. The summed E-state index contributed by atoms with van der Waals surface area (Å²) < 4.78 is 11.4. The van der Waals surface area contributed by atoms with Crippen LogP contribution in [-0.2, 0) is 0 Å². The van der Waals surface area contributed by atoms with Gasteiger partial charge in [-0.15, -0.1) is 11.3 Å². The minimum Gasteiger partial charge on any atom is -0.455 e. The minimum absolute atomic E-state index is 0.928. The van der Waals surface area contributed by atoms with Crippen LogP contribution in [0.15, 0.2) is 120 Å². The maximum absolute atomic E-state index is 6.29. The molecule has 3 heterocycles. The average Bonchev–Trinajstić information content (AvgIpc) is 3.58. The Balaban J connectivity index is 1.35. The topological polar surface area (TPSA) is 18.1 Å². The summed E-state index contributed by atoms with van der Waals surface area (Å²) in [5, 5.41) is 4.93. The van der Waals surface area contributed by atoms with E-state index in [0.29, 0.717) is 0 Å². The van der Waals surface area contributed by atoms with Crippen LogP contribution in [0.3, 0.4) is 0 Å². The fraction of sp³-hybridized carbons (Fsp3) is 0. The van der Waals surface area contributed by atoms with E-state index in [4.69, 9.17) is 4.42 Å². The zero-order valence-corrected chi connectivity index (χ0v) is 19.5. The van der Waals surface area contributed by atoms with E-state index in [1.807, 2.05) is 23.5 Å². The number of furan rings is 1. The lowest BCUT2D eigenvalue weighted by molar-refractivity contribution is 0.670. The molecule has 2 nitrogen and oxygen atoms in total. The molecule has 0 saturated heterocycles. The summed E-state index contributed by atoms with van der Waals surface area (Å²) in [4.78, 5) is 0. The van der Waals surface area contributed by atoms with Gasteiger partial charge < -0.3 is 8.98 Å². The van der Waals surface area contributed by atoms with E-state index in [0.717, 1.165) is 33.1 Å². The van der Waals surface area contributed by atoms with E-state index in [-0.39, 0.29) is 0 Å². The van der Waals surface area contributed by atoms with Crippen molar-refractivity contribution in [2.24, 2.45) is 0 Å². The normalized spacial score (nSPS) is 12.0. The SMILES string of the molecule is c1ccc2c(c1)oc1c(-c3ccc(-n4c5ccccc5c5sc6ccccc6c54)cc3)cccc12. The Morgan fingerprint density at radius 2 is 1.29 bits per heavy atom. The van der Waals surface area contributed by atoms with Crippen LogP contribution in [0.1, 0.15) is 0 Å². The molecule has 8 aromatic rings. The highest BCUT2D eigenvalue weighted by Crippen LogP contribution is 2.42. The summed E-state index contributed by atoms with van der Waals surface area (Å²) in [5.41, 5.74) is 7.84. The van der Waals surface area contributed by atoms with Crippen molar-refractivity contribution in [3.63, 3.8) is 0 Å². The van der Waals surface area contributed by atoms with Crippen molar-refractivity contribution in [2.75, 3.05) is 0 Å². The van der Waals surface area contributed by atoms with Crippen LogP contribution in [0, 0.1) is 0 Å². The van der Waals surface area contributed by atoms with Gasteiger partial charge in [-0.05, 0) is 35.9 Å². The Morgan fingerprint density at radius 1 is 0.571 bits per heavy atom. The molecule has 0 fully saturated rings. The molecule has 0 spiro atoms. The molecule has 0 aliphatic carbocycles. The molecule has 3 aromatic heterocycles. The summed E-state index contributed by atoms with van der Waals surface area (Å²) in [5.74, 6) is 0. The smallest absolute Gasteiger partial charge is 0.143 e. The van der Waals surface area contributed by atoms with Gasteiger partial charge in [0.1, 0.15) is 11.2 Å². The first-order chi connectivity index (χ1) is 17.4. The zero-order chi connectivity index (χ0) is 22.9. The second kappa shape index (κ2) is 7.08. The standard InChI is InChI=1S/C32H19NOS/c1-4-13-27-25(9-1)32-30(26-10-3-6-15-29(26)35-32)33(27)21-18-16-20(17-19-21)22-11-7-12-24-23-8-2-5-14-28(23)34-31(22)24/h1-19H. The summed E-state index contributed by atoms with van der Waals surface area (Å²) >= 11 is 1.88. The number of thiophene rings is 1. The number of aromatic nitrogens is 1. The molecule has 0 N–H and O–H groups in total. The summed E-state index contributed by atoms with van der Waals surface area (Å²) in [7, 11) is 0. The van der Waals surface area contributed by atoms with Gasteiger partial charge in [0.25, 0.3) is 0 Å². The molecule has 0 bridgehead atoms. The van der Waals surface area contributed by atoms with Crippen molar-refractivity contribution in [3.05, 3.63) is 115 Å². The van der Waals surface area contributed by atoms with Crippen LogP contribution < -0.4 is 0 Å². The van der Waals surface area contributed by atoms with E-state index in [2.05, 4.69) is 108 Å². The lowest BCUT2D eigenvalue weighted by Gasteiger charge is -2.10. The first-order valence-corrected chi connectivity index (χ1v) is 12.6. The third-order valence-electron chi connectivity index (χ3n) is 7.02. The second-order valence-electron chi connectivity index (χ2n) is 8.96. The van der Waals surface area contributed by atoms with E-state index < -0.39 is 0 Å². The molecule has 5 aromatic carbocycles. The summed E-state index contributed by atoms with van der Waals surface area (Å²) in [6.45, 7) is 0. The number of fused-ring (bicyclic) bond motifs is 8. The Labute approximate surface area is 205 Å². The monoisotopic (exact) mass is 465 g/mol. The molecule has 0 amide bonds. The molecular formula is C32H19NOS. The Kier molecular flexibility index (Phi) is 3.85. The van der Waals surface area contributed by atoms with Gasteiger partial charge in [-0.3, -0.25) is 0 Å². The van der Waals surface area contributed by atoms with Gasteiger partial charge >= 0.3 is 0 Å². The van der Waals surface area contributed by atoms with Gasteiger partial charge in [-0.2, -0.15) is 0 Å². The highest BCUT2D eigenvalue weighted by atomic mass is 32.1. The Morgan fingerprint density at radius 3 is 2.17 bits per heavy atom. The maximum atomic E-state index is 6.29. The van der Waals surface area contributed by atoms with Crippen molar-refractivity contribution < 1.29 is 4.42 Å². The molecule has 0 aliphatic heterocycles. The molecule has 0 saturated carbocycles. The maximum Gasteiger partial charge on any atom is 0.143 e. The summed E-state index contributed by atoms with van der Waals surface area (Å²) in [6, 6.07) is 41.0. The van der Waals surface area contributed by atoms with Crippen LogP contribution in [0.5, 0.6) is 0 Å². The first-order valence-electron chi connectivity index (χ1n) is 11.8. The number of rotatable bonds is 2. The Bertz CT molecular complexity index is 2050. The number of hydrogen-bond acceptors (Lipinski definition) is 2. The van der Waals surface area contributed by atoms with Crippen LogP contribution >= 0.6 is 11.3 Å². The van der Waals surface area contributed by atoms with Gasteiger partial charge in [0, 0.05) is 37.5 Å². The highest BCUT2D eigenvalue weighted by molar-refractivity contribution is 7.26. The third kappa shape index (κ3) is 2.64. The molecule has 0 atom stereocenters. The van der Waals surface area contributed by atoms with Crippen molar-refractivity contribution in [1.29, 1.82) is 0 Å². The predicted octanol–water partition coefficient (Wildman–Crippen LogP) is 9.56. The van der Waals surface area contributed by atoms with Gasteiger partial charge in [0.15, 0.2) is 0 Å². The molecule has 0 aliphatic rings. The number of para-hydroxylation sites is 3. The average molecular weight is 466 g/mol. The lowest BCUT2D eigenvalue weighted by Crippen LogP contribution is -1.93. The van der Waals surface area contributed by atoms with Gasteiger partial charge in [-0.25, -0.2) is 0 Å². The minimum atomic E-state index is 0.928. The number of nitrogens with zero attached hydrogens (tertiary/aromatic N) is 1. The van der Waals surface area contributed by atoms with Crippen LogP contribution in [-0.4, -0.2) is 4.57 Å².